The minimum atomic E-state index is -4.58. The summed E-state index contributed by atoms with van der Waals surface area (Å²) in [6.45, 7) is 7.42. The summed E-state index contributed by atoms with van der Waals surface area (Å²) in [7, 11) is 0. The molecule has 2 aromatic rings. The Morgan fingerprint density at radius 2 is 1.60 bits per heavy atom. The van der Waals surface area contributed by atoms with Crippen molar-refractivity contribution in [3.05, 3.63) is 58.7 Å². The van der Waals surface area contributed by atoms with Gasteiger partial charge >= 0.3 is 12.1 Å². The van der Waals surface area contributed by atoms with E-state index in [0.29, 0.717) is 11.8 Å². The Labute approximate surface area is 173 Å². The van der Waals surface area contributed by atoms with Gasteiger partial charge in [-0.15, -0.1) is 0 Å². The number of benzene rings is 2. The van der Waals surface area contributed by atoms with Gasteiger partial charge in [0, 0.05) is 11.4 Å². The van der Waals surface area contributed by atoms with Crippen LogP contribution in [0.2, 0.25) is 0 Å². The fraction of sp³-hybridized carbons (Fsp3) is 0.364. The number of ether oxygens (including phenoxy) is 1. The van der Waals surface area contributed by atoms with Crippen LogP contribution in [0.5, 0.6) is 0 Å². The van der Waals surface area contributed by atoms with Crippen molar-refractivity contribution in [1.29, 1.82) is 0 Å². The predicted molar refractivity (Wildman–Crippen MR) is 109 cm³/mol. The van der Waals surface area contributed by atoms with E-state index in [1.54, 1.807) is 0 Å². The molecule has 8 heteroatoms. The van der Waals surface area contributed by atoms with E-state index in [1.165, 1.54) is 0 Å². The molecule has 2 rings (SSSR count). The summed E-state index contributed by atoms with van der Waals surface area (Å²) in [5.41, 5.74) is 6.56. The predicted octanol–water partition coefficient (Wildman–Crippen LogP) is 5.33. The van der Waals surface area contributed by atoms with Crippen LogP contribution in [0, 0.1) is 0 Å². The molecule has 5 nitrogen and oxygen atoms in total. The van der Waals surface area contributed by atoms with Gasteiger partial charge in [-0.25, -0.2) is 4.79 Å². The molecule has 1 amide bonds. The summed E-state index contributed by atoms with van der Waals surface area (Å²) in [6.07, 6.45) is -4.58. The van der Waals surface area contributed by atoms with E-state index >= 15 is 0 Å². The van der Waals surface area contributed by atoms with Crippen LogP contribution < -0.4 is 11.1 Å². The number of rotatable bonds is 6. The van der Waals surface area contributed by atoms with Crippen molar-refractivity contribution >= 4 is 23.3 Å². The lowest BCUT2D eigenvalue weighted by atomic mass is 9.92. The minimum Gasteiger partial charge on any atom is -0.452 e. The second kappa shape index (κ2) is 9.19. The van der Waals surface area contributed by atoms with Gasteiger partial charge in [0.2, 0.25) is 0 Å². The molecular weight excluding hydrogens is 397 g/mol. The lowest BCUT2D eigenvalue weighted by Crippen LogP contribution is -2.23. The van der Waals surface area contributed by atoms with E-state index in [2.05, 4.69) is 5.32 Å². The largest absolute Gasteiger partial charge is 0.452 e. The monoisotopic (exact) mass is 422 g/mol. The molecule has 0 spiro atoms. The second-order valence-electron chi connectivity index (χ2n) is 7.54. The molecule has 0 atom stereocenters. The zero-order chi connectivity index (χ0) is 22.6. The highest BCUT2D eigenvalue weighted by Crippen LogP contribution is 2.33. The third-order valence-electron chi connectivity index (χ3n) is 4.57. The minimum absolute atomic E-state index is 0.161. The molecule has 0 aromatic heterocycles. The Kier molecular flexibility index (Phi) is 7.12. The molecule has 162 valence electrons. The molecule has 0 aliphatic rings. The maximum absolute atomic E-state index is 12.7. The molecule has 0 heterocycles. The number of nitrogens with one attached hydrogen (secondary N) is 1. The van der Waals surface area contributed by atoms with Crippen LogP contribution in [-0.4, -0.2) is 18.5 Å². The van der Waals surface area contributed by atoms with E-state index in [4.69, 9.17) is 10.5 Å². The van der Waals surface area contributed by atoms with Gasteiger partial charge in [-0.3, -0.25) is 4.79 Å². The zero-order valence-electron chi connectivity index (χ0n) is 17.3. The summed E-state index contributed by atoms with van der Waals surface area (Å²) < 4.78 is 43.1. The molecule has 30 heavy (non-hydrogen) atoms. The lowest BCUT2D eigenvalue weighted by Gasteiger charge is -2.20. The van der Waals surface area contributed by atoms with Crippen molar-refractivity contribution in [3.8, 4) is 0 Å². The smallest absolute Gasteiger partial charge is 0.416 e. The summed E-state index contributed by atoms with van der Waals surface area (Å²) in [5.74, 6) is -1.21. The number of alkyl halides is 3. The van der Waals surface area contributed by atoms with E-state index in [-0.39, 0.29) is 23.1 Å². The molecule has 0 saturated carbocycles. The van der Waals surface area contributed by atoms with Crippen molar-refractivity contribution in [2.45, 2.75) is 45.7 Å². The topological polar surface area (TPSA) is 81.4 Å². The van der Waals surface area contributed by atoms with E-state index < -0.39 is 30.2 Å². The molecule has 0 aliphatic heterocycles. The van der Waals surface area contributed by atoms with Crippen LogP contribution in [0.1, 0.15) is 66.6 Å². The molecule has 0 radical (unpaired) electrons. The van der Waals surface area contributed by atoms with Gasteiger partial charge in [0.15, 0.2) is 6.61 Å². The van der Waals surface area contributed by atoms with Gasteiger partial charge in [-0.1, -0.05) is 45.9 Å². The van der Waals surface area contributed by atoms with Crippen molar-refractivity contribution in [1.82, 2.24) is 0 Å². The third-order valence-corrected chi connectivity index (χ3v) is 4.57. The average Bonchev–Trinajstić information content (AvgIpc) is 2.65. The molecule has 0 saturated heterocycles. The van der Waals surface area contributed by atoms with Gasteiger partial charge < -0.3 is 15.8 Å². The number of nitrogen functional groups attached to an aromatic ring is 1. The van der Waals surface area contributed by atoms with Crippen LogP contribution in [0.4, 0.5) is 24.5 Å². The molecule has 0 unspecified atom stereocenters. The first-order chi connectivity index (χ1) is 13.9. The number of para-hydroxylation sites is 1. The van der Waals surface area contributed by atoms with Crippen molar-refractivity contribution in [2.24, 2.45) is 0 Å². The zero-order valence-corrected chi connectivity index (χ0v) is 17.3. The Morgan fingerprint density at radius 3 is 2.07 bits per heavy atom. The number of nitrogens with two attached hydrogens (primary N) is 1. The highest BCUT2D eigenvalue weighted by molar-refractivity contribution is 5.98. The average molecular weight is 422 g/mol. The highest BCUT2D eigenvalue weighted by Gasteiger charge is 2.31. The van der Waals surface area contributed by atoms with Crippen LogP contribution in [0.25, 0.3) is 0 Å². The first-order valence-electron chi connectivity index (χ1n) is 9.48. The van der Waals surface area contributed by atoms with Gasteiger partial charge in [0.05, 0.1) is 11.1 Å². The van der Waals surface area contributed by atoms with Crippen molar-refractivity contribution in [2.75, 3.05) is 17.7 Å². The number of carbonyl (C=O) groups excluding carboxylic acids is 2. The summed E-state index contributed by atoms with van der Waals surface area (Å²) in [6, 6.07) is 8.09. The maximum atomic E-state index is 12.7. The first-order valence-corrected chi connectivity index (χ1v) is 9.48. The van der Waals surface area contributed by atoms with E-state index in [9.17, 15) is 22.8 Å². The quantitative estimate of drug-likeness (QED) is 0.487. The summed E-state index contributed by atoms with van der Waals surface area (Å²) >= 11 is 0. The molecule has 3 N–H and O–H groups in total. The molecule has 2 aromatic carbocycles. The van der Waals surface area contributed by atoms with Gasteiger partial charge in [-0.05, 0) is 41.2 Å². The number of hydrogen-bond acceptors (Lipinski definition) is 4. The molecule has 0 aliphatic carbocycles. The van der Waals surface area contributed by atoms with Crippen molar-refractivity contribution < 1.29 is 27.5 Å². The SMILES string of the molecule is CC(C)c1cccc(C(C)C)c1NC(=O)COC(=O)c1ccc(C(F)(F)F)cc1N. The molecule has 0 bridgehead atoms. The number of carbonyl (C=O) groups is 2. The Bertz CT molecular complexity index is 911. The van der Waals surface area contributed by atoms with Crippen LogP contribution in [-0.2, 0) is 15.7 Å². The van der Waals surface area contributed by atoms with Crippen LogP contribution >= 0.6 is 0 Å². The number of esters is 1. The lowest BCUT2D eigenvalue weighted by molar-refractivity contribution is -0.137. The van der Waals surface area contributed by atoms with Crippen LogP contribution in [0.3, 0.4) is 0 Å². The number of halogens is 3. The van der Waals surface area contributed by atoms with Gasteiger partial charge in [-0.2, -0.15) is 13.2 Å². The standard InChI is InChI=1S/C22H25F3N2O3/c1-12(2)15-6-5-7-16(13(3)4)20(15)27-19(28)11-30-21(29)17-9-8-14(10-18(17)26)22(23,24)25/h5-10,12-13H,11,26H2,1-4H3,(H,27,28). The first kappa shape index (κ1) is 23.3. The maximum Gasteiger partial charge on any atom is 0.416 e. The third kappa shape index (κ3) is 5.52. The van der Waals surface area contributed by atoms with E-state index in [1.807, 2.05) is 45.9 Å². The Morgan fingerprint density at radius 1 is 1.03 bits per heavy atom. The number of amides is 1. The fourth-order valence-electron chi connectivity index (χ4n) is 3.00. The fourth-order valence-corrected chi connectivity index (χ4v) is 3.00. The summed E-state index contributed by atoms with van der Waals surface area (Å²) in [4.78, 5) is 24.6. The second-order valence-corrected chi connectivity index (χ2v) is 7.54. The highest BCUT2D eigenvalue weighted by atomic mass is 19.4. The summed E-state index contributed by atoms with van der Waals surface area (Å²) in [5, 5.41) is 2.80. The van der Waals surface area contributed by atoms with Gasteiger partial charge in [0.25, 0.3) is 5.91 Å². The van der Waals surface area contributed by atoms with Crippen molar-refractivity contribution in [3.63, 3.8) is 0 Å². The molecular formula is C22H25F3N2O3. The molecule has 0 fully saturated rings. The Hall–Kier alpha value is -3.03. The van der Waals surface area contributed by atoms with Gasteiger partial charge in [0.1, 0.15) is 0 Å². The number of anilines is 2. The van der Waals surface area contributed by atoms with Crippen LogP contribution in [0.15, 0.2) is 36.4 Å². The Balaban J connectivity index is 2.11. The van der Waals surface area contributed by atoms with E-state index in [0.717, 1.165) is 23.3 Å². The normalized spacial score (nSPS) is 11.6. The number of hydrogen-bond donors (Lipinski definition) is 2.